The minimum atomic E-state index is -0.561. The molecule has 0 aliphatic heterocycles. The molecule has 0 aromatic heterocycles. The van der Waals surface area contributed by atoms with Crippen LogP contribution in [0, 0.1) is 6.92 Å². The largest absolute Gasteiger partial charge is 0.423 e. The van der Waals surface area contributed by atoms with Crippen LogP contribution in [-0.4, -0.2) is 5.97 Å². The van der Waals surface area contributed by atoms with Gasteiger partial charge in [-0.3, -0.25) is 0 Å². The number of hydrogen-bond donors (Lipinski definition) is 0. The van der Waals surface area contributed by atoms with Crippen LogP contribution in [0.1, 0.15) is 15.9 Å². The average molecular weight is 281 g/mol. The predicted molar refractivity (Wildman–Crippen MR) is 72.6 cm³/mol. The summed E-state index contributed by atoms with van der Waals surface area (Å²) in [7, 11) is 0. The van der Waals surface area contributed by atoms with Crippen molar-refractivity contribution in [3.8, 4) is 5.75 Å². The standard InChI is InChI=1S/C14H10Cl2O2/c1-9-5-7-10(8-6-9)18-14(17)13-11(15)3-2-4-12(13)16/h2-8H,1H3. The van der Waals surface area contributed by atoms with E-state index in [1.807, 2.05) is 19.1 Å². The highest BCUT2D eigenvalue weighted by atomic mass is 35.5. The van der Waals surface area contributed by atoms with Crippen molar-refractivity contribution in [2.24, 2.45) is 0 Å². The molecule has 2 aromatic rings. The maximum absolute atomic E-state index is 11.9. The minimum Gasteiger partial charge on any atom is -0.423 e. The molecule has 0 aliphatic rings. The van der Waals surface area contributed by atoms with Gasteiger partial charge in [0.15, 0.2) is 0 Å². The molecule has 0 fully saturated rings. The summed E-state index contributed by atoms with van der Waals surface area (Å²) in [6.45, 7) is 1.95. The summed E-state index contributed by atoms with van der Waals surface area (Å²) in [5.74, 6) is -0.101. The lowest BCUT2D eigenvalue weighted by atomic mass is 10.2. The van der Waals surface area contributed by atoms with Gasteiger partial charge in [0, 0.05) is 0 Å². The number of carbonyl (C=O) groups excluding carboxylic acids is 1. The van der Waals surface area contributed by atoms with Gasteiger partial charge in [0.2, 0.25) is 0 Å². The van der Waals surface area contributed by atoms with Crippen molar-refractivity contribution < 1.29 is 9.53 Å². The molecule has 0 saturated carbocycles. The third-order valence-electron chi connectivity index (χ3n) is 2.40. The number of aryl methyl sites for hydroxylation is 1. The first kappa shape index (κ1) is 12.9. The summed E-state index contributed by atoms with van der Waals surface area (Å²) in [6, 6.07) is 12.0. The van der Waals surface area contributed by atoms with E-state index in [1.54, 1.807) is 30.3 Å². The highest BCUT2D eigenvalue weighted by molar-refractivity contribution is 6.39. The SMILES string of the molecule is Cc1ccc(OC(=O)c2c(Cl)cccc2Cl)cc1. The summed E-state index contributed by atoms with van der Waals surface area (Å²) < 4.78 is 5.21. The number of ether oxygens (including phenoxy) is 1. The summed E-state index contributed by atoms with van der Waals surface area (Å²) in [5, 5.41) is 0.555. The number of esters is 1. The molecule has 0 unspecified atom stereocenters. The quantitative estimate of drug-likeness (QED) is 0.597. The van der Waals surface area contributed by atoms with Gasteiger partial charge in [-0.05, 0) is 31.2 Å². The van der Waals surface area contributed by atoms with Gasteiger partial charge >= 0.3 is 5.97 Å². The second-order valence-corrected chi connectivity index (χ2v) is 4.61. The number of carbonyl (C=O) groups is 1. The smallest absolute Gasteiger partial charge is 0.346 e. The molecule has 2 rings (SSSR count). The zero-order chi connectivity index (χ0) is 13.1. The van der Waals surface area contributed by atoms with Crippen LogP contribution in [-0.2, 0) is 0 Å². The van der Waals surface area contributed by atoms with Gasteiger partial charge in [0.1, 0.15) is 5.75 Å². The number of benzene rings is 2. The lowest BCUT2D eigenvalue weighted by Crippen LogP contribution is -2.09. The lowest BCUT2D eigenvalue weighted by Gasteiger charge is -2.07. The Morgan fingerprint density at radius 1 is 1.00 bits per heavy atom. The fourth-order valence-corrected chi connectivity index (χ4v) is 2.01. The number of hydrogen-bond acceptors (Lipinski definition) is 2. The van der Waals surface area contributed by atoms with Crippen molar-refractivity contribution in [2.75, 3.05) is 0 Å². The van der Waals surface area contributed by atoms with Crippen molar-refractivity contribution in [1.29, 1.82) is 0 Å². The highest BCUT2D eigenvalue weighted by Crippen LogP contribution is 2.25. The van der Waals surface area contributed by atoms with Gasteiger partial charge in [-0.15, -0.1) is 0 Å². The van der Waals surface area contributed by atoms with Crippen molar-refractivity contribution in [3.63, 3.8) is 0 Å². The fraction of sp³-hybridized carbons (Fsp3) is 0.0714. The summed E-state index contributed by atoms with van der Waals surface area (Å²) in [6.07, 6.45) is 0. The van der Waals surface area contributed by atoms with Crippen LogP contribution in [0.4, 0.5) is 0 Å². The molecular weight excluding hydrogens is 271 g/mol. The maximum atomic E-state index is 11.9. The van der Waals surface area contributed by atoms with E-state index in [2.05, 4.69) is 0 Å². The zero-order valence-corrected chi connectivity index (χ0v) is 11.1. The van der Waals surface area contributed by atoms with Crippen LogP contribution in [0.2, 0.25) is 10.0 Å². The van der Waals surface area contributed by atoms with E-state index >= 15 is 0 Å². The van der Waals surface area contributed by atoms with E-state index in [4.69, 9.17) is 27.9 Å². The molecule has 92 valence electrons. The van der Waals surface area contributed by atoms with Crippen LogP contribution >= 0.6 is 23.2 Å². The van der Waals surface area contributed by atoms with E-state index in [1.165, 1.54) is 0 Å². The summed E-state index contributed by atoms with van der Waals surface area (Å²) in [5.41, 5.74) is 1.27. The molecule has 2 nitrogen and oxygen atoms in total. The van der Waals surface area contributed by atoms with Gasteiger partial charge in [0.05, 0.1) is 15.6 Å². The molecule has 0 aliphatic carbocycles. The van der Waals surface area contributed by atoms with Gasteiger partial charge in [-0.25, -0.2) is 4.79 Å². The maximum Gasteiger partial charge on any atom is 0.346 e. The third-order valence-corrected chi connectivity index (χ3v) is 3.03. The van der Waals surface area contributed by atoms with Crippen LogP contribution < -0.4 is 4.74 Å². The van der Waals surface area contributed by atoms with Crippen LogP contribution in [0.5, 0.6) is 5.75 Å². The Hall–Kier alpha value is -1.51. The molecule has 4 heteroatoms. The third kappa shape index (κ3) is 2.84. The molecule has 0 bridgehead atoms. The zero-order valence-electron chi connectivity index (χ0n) is 9.61. The first-order valence-electron chi connectivity index (χ1n) is 5.31. The normalized spacial score (nSPS) is 10.2. The average Bonchev–Trinajstić information content (AvgIpc) is 2.32. The Balaban J connectivity index is 2.25. The van der Waals surface area contributed by atoms with E-state index in [9.17, 15) is 4.79 Å². The van der Waals surface area contributed by atoms with Crippen molar-refractivity contribution in [1.82, 2.24) is 0 Å². The van der Waals surface area contributed by atoms with Gasteiger partial charge in [0.25, 0.3) is 0 Å². The molecule has 0 N–H and O–H groups in total. The molecule has 18 heavy (non-hydrogen) atoms. The lowest BCUT2D eigenvalue weighted by molar-refractivity contribution is 0.0735. The van der Waals surface area contributed by atoms with E-state index in [-0.39, 0.29) is 15.6 Å². The Labute approximate surface area is 115 Å². The topological polar surface area (TPSA) is 26.3 Å². The molecule has 0 atom stereocenters. The molecule has 2 aromatic carbocycles. The molecule has 0 saturated heterocycles. The second kappa shape index (κ2) is 5.42. The van der Waals surface area contributed by atoms with Crippen molar-refractivity contribution in [2.45, 2.75) is 6.92 Å². The van der Waals surface area contributed by atoms with Crippen molar-refractivity contribution >= 4 is 29.2 Å². The van der Waals surface area contributed by atoms with Crippen LogP contribution in [0.3, 0.4) is 0 Å². The van der Waals surface area contributed by atoms with Crippen LogP contribution in [0.25, 0.3) is 0 Å². The van der Waals surface area contributed by atoms with Crippen molar-refractivity contribution in [3.05, 3.63) is 63.6 Å². The predicted octanol–water partition coefficient (Wildman–Crippen LogP) is 4.52. The Bertz CT molecular complexity index is 557. The summed E-state index contributed by atoms with van der Waals surface area (Å²) >= 11 is 11.9. The molecule has 0 amide bonds. The Morgan fingerprint density at radius 2 is 1.56 bits per heavy atom. The Morgan fingerprint density at radius 3 is 2.11 bits per heavy atom. The fourth-order valence-electron chi connectivity index (χ4n) is 1.46. The molecular formula is C14H10Cl2O2. The summed E-state index contributed by atoms with van der Waals surface area (Å²) in [4.78, 5) is 11.9. The molecule has 0 heterocycles. The number of rotatable bonds is 2. The molecule has 0 spiro atoms. The van der Waals surface area contributed by atoms with E-state index in [0.29, 0.717) is 5.75 Å². The first-order valence-corrected chi connectivity index (χ1v) is 6.06. The van der Waals surface area contributed by atoms with E-state index < -0.39 is 5.97 Å². The van der Waals surface area contributed by atoms with Gasteiger partial charge in [-0.1, -0.05) is 47.0 Å². The minimum absolute atomic E-state index is 0.182. The second-order valence-electron chi connectivity index (χ2n) is 3.80. The van der Waals surface area contributed by atoms with E-state index in [0.717, 1.165) is 5.56 Å². The first-order chi connectivity index (χ1) is 8.58. The van der Waals surface area contributed by atoms with Crippen LogP contribution in [0.15, 0.2) is 42.5 Å². The highest BCUT2D eigenvalue weighted by Gasteiger charge is 2.16. The van der Waals surface area contributed by atoms with Gasteiger partial charge in [-0.2, -0.15) is 0 Å². The monoisotopic (exact) mass is 280 g/mol. The number of halogens is 2. The molecule has 0 radical (unpaired) electrons. The Kier molecular flexibility index (Phi) is 3.90. The van der Waals surface area contributed by atoms with Gasteiger partial charge < -0.3 is 4.74 Å².